The maximum atomic E-state index is 13.7. The molecule has 248 valence electrons. The third-order valence-electron chi connectivity index (χ3n) is 9.21. The molecule has 2 amide bonds. The number of carbonyl (C=O) groups is 3. The van der Waals surface area contributed by atoms with Gasteiger partial charge in [-0.15, -0.1) is 0 Å². The van der Waals surface area contributed by atoms with Crippen LogP contribution in [0.5, 0.6) is 0 Å². The minimum absolute atomic E-state index is 0.00907. The van der Waals surface area contributed by atoms with E-state index in [1.165, 1.54) is 0 Å². The number of benzene rings is 1. The second kappa shape index (κ2) is 14.5. The van der Waals surface area contributed by atoms with Gasteiger partial charge < -0.3 is 26.0 Å². The van der Waals surface area contributed by atoms with E-state index in [1.54, 1.807) is 17.9 Å². The fraction of sp³-hybridized carbons (Fsp3) is 0.700. The number of carbonyl (C=O) groups excluding carboxylic acids is 2. The summed E-state index contributed by atoms with van der Waals surface area (Å²) in [6.45, 7) is 2.09. The van der Waals surface area contributed by atoms with Crippen LogP contribution in [0.2, 0.25) is 0 Å². The van der Waals surface area contributed by atoms with E-state index in [1.807, 2.05) is 12.1 Å². The van der Waals surface area contributed by atoms with Crippen LogP contribution in [0.25, 0.3) is 0 Å². The third-order valence-corrected chi connectivity index (χ3v) is 9.21. The molecule has 4 rings (SSSR count). The summed E-state index contributed by atoms with van der Waals surface area (Å²) in [5.74, 6) is -5.79. The molecule has 3 fully saturated rings. The number of alkyl halides is 5. The summed E-state index contributed by atoms with van der Waals surface area (Å²) in [7, 11) is 0. The molecule has 2 unspecified atom stereocenters. The molecular formula is C30H42F5N3O6. The van der Waals surface area contributed by atoms with Crippen molar-refractivity contribution in [3.63, 3.8) is 0 Å². The molecule has 9 nitrogen and oxygen atoms in total. The number of aliphatic hydroxyl groups is 2. The average Bonchev–Trinajstić information content (AvgIpc) is 3.21. The van der Waals surface area contributed by atoms with Crippen molar-refractivity contribution in [3.05, 3.63) is 35.4 Å². The van der Waals surface area contributed by atoms with E-state index >= 15 is 0 Å². The van der Waals surface area contributed by atoms with Gasteiger partial charge in [-0.05, 0) is 75.0 Å². The van der Waals surface area contributed by atoms with Crippen LogP contribution < -0.4 is 5.73 Å². The number of rotatable bonds is 10. The number of hydrogen-bond acceptors (Lipinski definition) is 6. The number of hydrogen-bond donors (Lipinski definition) is 4. The smallest absolute Gasteiger partial charge is 0.475 e. The SMILES string of the molecule is CC(CO)(CO)C(=O)N(CCN1C2CCC1CC(c1cccc(C(N)=O)c1)C2)CC1CCC(F)(F)CC1.O=C(O)C(F)(F)F. The molecular weight excluding hydrogens is 593 g/mol. The normalized spacial score (nSPS) is 23.9. The Labute approximate surface area is 253 Å². The lowest BCUT2D eigenvalue weighted by molar-refractivity contribution is -0.192. The lowest BCUT2D eigenvalue weighted by Crippen LogP contribution is -2.52. The molecule has 1 aromatic rings. The van der Waals surface area contributed by atoms with Crippen molar-refractivity contribution in [3.8, 4) is 0 Å². The minimum atomic E-state index is -5.08. The van der Waals surface area contributed by atoms with E-state index in [2.05, 4.69) is 11.0 Å². The number of piperidine rings is 1. The first kappa shape index (κ1) is 35.6. The zero-order valence-corrected chi connectivity index (χ0v) is 24.7. The van der Waals surface area contributed by atoms with Crippen LogP contribution in [-0.4, -0.2) is 99.9 Å². The summed E-state index contributed by atoms with van der Waals surface area (Å²) in [5.41, 5.74) is 5.85. The zero-order valence-electron chi connectivity index (χ0n) is 24.7. The van der Waals surface area contributed by atoms with Crippen molar-refractivity contribution in [2.75, 3.05) is 32.8 Å². The van der Waals surface area contributed by atoms with Gasteiger partial charge in [-0.25, -0.2) is 13.6 Å². The number of carboxylic acids is 1. The number of nitrogens with zero attached hydrogens (tertiary/aromatic N) is 2. The second-order valence-electron chi connectivity index (χ2n) is 12.5. The molecule has 1 aromatic carbocycles. The van der Waals surface area contributed by atoms with Crippen LogP contribution in [0.4, 0.5) is 22.0 Å². The van der Waals surface area contributed by atoms with Crippen LogP contribution in [0.1, 0.15) is 80.1 Å². The number of halogens is 5. The molecule has 2 atom stereocenters. The van der Waals surface area contributed by atoms with Crippen LogP contribution in [-0.2, 0) is 9.59 Å². The molecule has 0 aromatic heterocycles. The van der Waals surface area contributed by atoms with Crippen LogP contribution in [0, 0.1) is 11.3 Å². The third kappa shape index (κ3) is 9.10. The van der Waals surface area contributed by atoms with Gasteiger partial charge in [0, 0.05) is 50.1 Å². The molecule has 0 spiro atoms. The number of aliphatic carboxylic acids is 1. The summed E-state index contributed by atoms with van der Waals surface area (Å²) in [5, 5.41) is 26.8. The van der Waals surface area contributed by atoms with Gasteiger partial charge in [0.05, 0.1) is 18.6 Å². The molecule has 14 heteroatoms. The molecule has 2 heterocycles. The predicted octanol–water partition coefficient (Wildman–Crippen LogP) is 3.77. The van der Waals surface area contributed by atoms with Crippen LogP contribution in [0.3, 0.4) is 0 Å². The molecule has 1 saturated carbocycles. The quantitative estimate of drug-likeness (QED) is 0.287. The maximum Gasteiger partial charge on any atom is 0.490 e. The Morgan fingerprint density at radius 1 is 1.02 bits per heavy atom. The van der Waals surface area contributed by atoms with Crippen molar-refractivity contribution < 1.29 is 51.7 Å². The number of carboxylic acid groups (broad SMARTS) is 1. The highest BCUT2D eigenvalue weighted by molar-refractivity contribution is 5.92. The lowest BCUT2D eigenvalue weighted by Gasteiger charge is -2.42. The van der Waals surface area contributed by atoms with E-state index in [0.29, 0.717) is 56.0 Å². The van der Waals surface area contributed by atoms with Gasteiger partial charge in [-0.3, -0.25) is 14.5 Å². The Morgan fingerprint density at radius 2 is 1.57 bits per heavy atom. The fourth-order valence-corrected chi connectivity index (χ4v) is 6.53. The largest absolute Gasteiger partial charge is 0.490 e. The molecule has 44 heavy (non-hydrogen) atoms. The van der Waals surface area contributed by atoms with Gasteiger partial charge in [0.15, 0.2) is 0 Å². The maximum absolute atomic E-state index is 13.7. The van der Waals surface area contributed by atoms with Crippen molar-refractivity contribution in [2.24, 2.45) is 17.1 Å². The second-order valence-corrected chi connectivity index (χ2v) is 12.5. The molecule has 1 aliphatic carbocycles. The number of nitrogens with two attached hydrogens (primary N) is 1. The van der Waals surface area contributed by atoms with Crippen molar-refractivity contribution in [1.29, 1.82) is 0 Å². The van der Waals surface area contributed by atoms with Gasteiger partial charge in [0.1, 0.15) is 0 Å². The molecule has 0 radical (unpaired) electrons. The summed E-state index contributed by atoms with van der Waals surface area (Å²) in [6.07, 6.45) is -0.581. The van der Waals surface area contributed by atoms with Gasteiger partial charge >= 0.3 is 12.1 Å². The number of fused-ring (bicyclic) bond motifs is 2. The first-order valence-corrected chi connectivity index (χ1v) is 14.8. The molecule has 2 saturated heterocycles. The Morgan fingerprint density at radius 3 is 2.05 bits per heavy atom. The van der Waals surface area contributed by atoms with Crippen molar-refractivity contribution >= 4 is 17.8 Å². The van der Waals surface area contributed by atoms with Gasteiger partial charge in [-0.2, -0.15) is 13.2 Å². The topological polar surface area (TPSA) is 144 Å². The molecule has 2 bridgehead atoms. The van der Waals surface area contributed by atoms with E-state index in [0.717, 1.165) is 31.2 Å². The van der Waals surface area contributed by atoms with Crippen molar-refractivity contribution in [2.45, 2.75) is 88.4 Å². The van der Waals surface area contributed by atoms with E-state index < -0.39 is 42.6 Å². The highest BCUT2D eigenvalue weighted by Crippen LogP contribution is 2.43. The van der Waals surface area contributed by atoms with Gasteiger partial charge in [-0.1, -0.05) is 12.1 Å². The lowest BCUT2D eigenvalue weighted by atomic mass is 9.84. The average molecular weight is 636 g/mol. The number of amides is 2. The summed E-state index contributed by atoms with van der Waals surface area (Å²) in [6, 6.07) is 8.32. The Balaban J connectivity index is 0.000000676. The van der Waals surface area contributed by atoms with Crippen LogP contribution >= 0.6 is 0 Å². The Kier molecular flexibility index (Phi) is 11.7. The fourth-order valence-electron chi connectivity index (χ4n) is 6.53. The number of aliphatic hydroxyl groups excluding tert-OH is 2. The van der Waals surface area contributed by atoms with Gasteiger partial charge in [0.25, 0.3) is 0 Å². The van der Waals surface area contributed by atoms with E-state index in [4.69, 9.17) is 15.6 Å². The molecule has 3 aliphatic rings. The summed E-state index contributed by atoms with van der Waals surface area (Å²) >= 11 is 0. The predicted molar refractivity (Wildman–Crippen MR) is 150 cm³/mol. The van der Waals surface area contributed by atoms with Crippen LogP contribution in [0.15, 0.2) is 24.3 Å². The molecule has 5 N–H and O–H groups in total. The summed E-state index contributed by atoms with van der Waals surface area (Å²) < 4.78 is 59.1. The highest BCUT2D eigenvalue weighted by atomic mass is 19.4. The highest BCUT2D eigenvalue weighted by Gasteiger charge is 2.43. The molecule has 2 aliphatic heterocycles. The number of primary amides is 1. The Bertz CT molecular complexity index is 1140. The Hall–Kier alpha value is -2.84. The van der Waals surface area contributed by atoms with Crippen molar-refractivity contribution in [1.82, 2.24) is 9.80 Å². The van der Waals surface area contributed by atoms with Gasteiger partial charge in [0.2, 0.25) is 17.7 Å². The van der Waals surface area contributed by atoms with E-state index in [9.17, 15) is 41.8 Å². The first-order chi connectivity index (χ1) is 20.5. The minimum Gasteiger partial charge on any atom is -0.475 e. The monoisotopic (exact) mass is 635 g/mol. The summed E-state index contributed by atoms with van der Waals surface area (Å²) in [4.78, 5) is 38.1. The van der Waals surface area contributed by atoms with E-state index in [-0.39, 0.29) is 24.7 Å². The standard InChI is InChI=1S/C28H41F2N3O4.C2HF3O2/c1-27(17-34,18-35)26(37)32(16-19-7-9-28(29,30)10-8-19)11-12-33-23-5-6-24(33)15-22(14-23)20-3-2-4-21(13-20)25(31)36;3-2(4,5)1(6)7/h2-4,13,19,22-24,34-35H,5-12,14-18H2,1H3,(H2,31,36);(H,6,7). The first-order valence-electron chi connectivity index (χ1n) is 14.8. The zero-order chi connectivity index (χ0) is 32.9.